The van der Waals surface area contributed by atoms with E-state index in [4.69, 9.17) is 4.99 Å². The molecule has 172 valence electrons. The minimum absolute atomic E-state index is 0. The zero-order valence-electron chi connectivity index (χ0n) is 18.9. The molecular weight excluding hydrogens is 521 g/mol. The maximum absolute atomic E-state index is 4.72. The number of anilines is 1. The van der Waals surface area contributed by atoms with Crippen LogP contribution in [-0.4, -0.2) is 66.6 Å². The fourth-order valence-corrected chi connectivity index (χ4v) is 4.28. The number of thiazole rings is 1. The van der Waals surface area contributed by atoms with Crippen molar-refractivity contribution in [2.24, 2.45) is 4.99 Å². The maximum atomic E-state index is 4.72. The average molecular weight is 558 g/mol. The number of aryl methyl sites for hydroxylation is 1. The lowest BCUT2D eigenvalue weighted by Gasteiger charge is -2.34. The monoisotopic (exact) mass is 557 g/mol. The van der Waals surface area contributed by atoms with Crippen molar-refractivity contribution in [3.8, 4) is 0 Å². The van der Waals surface area contributed by atoms with E-state index >= 15 is 0 Å². The minimum atomic E-state index is 0. The Morgan fingerprint density at radius 2 is 1.87 bits per heavy atom. The molecule has 0 saturated carbocycles. The van der Waals surface area contributed by atoms with Crippen LogP contribution in [0.3, 0.4) is 0 Å². The second-order valence-electron chi connectivity index (χ2n) is 7.39. The number of nitrogens with one attached hydrogen (secondary N) is 2. The van der Waals surface area contributed by atoms with Gasteiger partial charge in [-0.3, -0.25) is 0 Å². The topological polar surface area (TPSA) is 68.7 Å². The van der Waals surface area contributed by atoms with Gasteiger partial charge in [-0.25, -0.2) is 15.0 Å². The SMILES string of the molecule is CCNC(=NCc1ccc(N2CCN(CC)CC2)nc1)NCCc1ncc(CC)s1.I. The lowest BCUT2D eigenvalue weighted by Crippen LogP contribution is -2.46. The Bertz CT molecular complexity index is 785. The molecule has 0 unspecified atom stereocenters. The van der Waals surface area contributed by atoms with Crippen LogP contribution in [0, 0.1) is 0 Å². The molecule has 0 bridgehead atoms. The molecule has 0 aliphatic carbocycles. The number of aromatic nitrogens is 2. The summed E-state index contributed by atoms with van der Waals surface area (Å²) in [6, 6.07) is 4.27. The number of pyridine rings is 1. The molecule has 1 aliphatic heterocycles. The van der Waals surface area contributed by atoms with Crippen molar-refractivity contribution in [2.75, 3.05) is 50.7 Å². The highest BCUT2D eigenvalue weighted by Crippen LogP contribution is 2.15. The normalized spacial score (nSPS) is 14.9. The molecule has 2 aromatic heterocycles. The van der Waals surface area contributed by atoms with Crippen LogP contribution in [0.15, 0.2) is 29.5 Å². The molecule has 0 aromatic carbocycles. The molecular formula is C22H36IN7S. The predicted octanol–water partition coefficient (Wildman–Crippen LogP) is 3.16. The summed E-state index contributed by atoms with van der Waals surface area (Å²) in [5.74, 6) is 1.91. The molecule has 2 N–H and O–H groups in total. The standard InChI is InChI=1S/C22H35N7S.HI/c1-4-19-17-26-21(30-19)9-10-24-22(23-5-2)27-16-18-7-8-20(25-15-18)29-13-11-28(6-3)12-14-29;/h7-8,15,17H,4-6,9-14,16H2,1-3H3,(H2,23,24,27);1H. The Labute approximate surface area is 207 Å². The van der Waals surface area contributed by atoms with Gasteiger partial charge in [0.25, 0.3) is 0 Å². The molecule has 0 atom stereocenters. The van der Waals surface area contributed by atoms with Gasteiger partial charge in [0.2, 0.25) is 0 Å². The molecule has 3 rings (SSSR count). The maximum Gasteiger partial charge on any atom is 0.191 e. The van der Waals surface area contributed by atoms with Crippen LogP contribution in [0.2, 0.25) is 0 Å². The summed E-state index contributed by atoms with van der Waals surface area (Å²) in [5.41, 5.74) is 1.12. The van der Waals surface area contributed by atoms with E-state index in [0.717, 1.165) is 76.0 Å². The largest absolute Gasteiger partial charge is 0.357 e. The first-order chi connectivity index (χ1) is 14.7. The van der Waals surface area contributed by atoms with Crippen LogP contribution in [0.1, 0.15) is 36.2 Å². The molecule has 2 aromatic rings. The highest BCUT2D eigenvalue weighted by atomic mass is 127. The van der Waals surface area contributed by atoms with Crippen molar-refractivity contribution < 1.29 is 0 Å². The molecule has 7 nitrogen and oxygen atoms in total. The Hall–Kier alpha value is -1.46. The van der Waals surface area contributed by atoms with Gasteiger partial charge < -0.3 is 20.4 Å². The van der Waals surface area contributed by atoms with Crippen LogP contribution in [-0.2, 0) is 19.4 Å². The van der Waals surface area contributed by atoms with Crippen LogP contribution < -0.4 is 15.5 Å². The zero-order chi connectivity index (χ0) is 21.2. The third kappa shape index (κ3) is 8.19. The molecule has 1 saturated heterocycles. The van der Waals surface area contributed by atoms with Crippen LogP contribution in [0.25, 0.3) is 0 Å². The number of piperazine rings is 1. The Kier molecular flexibility index (Phi) is 11.5. The highest BCUT2D eigenvalue weighted by Gasteiger charge is 2.16. The third-order valence-corrected chi connectivity index (χ3v) is 6.50. The van der Waals surface area contributed by atoms with Gasteiger partial charge >= 0.3 is 0 Å². The van der Waals surface area contributed by atoms with E-state index < -0.39 is 0 Å². The van der Waals surface area contributed by atoms with Gasteiger partial charge in [-0.1, -0.05) is 19.9 Å². The number of rotatable bonds is 9. The summed E-state index contributed by atoms with van der Waals surface area (Å²) in [5, 5.41) is 7.90. The predicted molar refractivity (Wildman–Crippen MR) is 142 cm³/mol. The van der Waals surface area contributed by atoms with Crippen molar-refractivity contribution in [3.63, 3.8) is 0 Å². The summed E-state index contributed by atoms with van der Waals surface area (Å²) < 4.78 is 0. The highest BCUT2D eigenvalue weighted by molar-refractivity contribution is 14.0. The van der Waals surface area contributed by atoms with Crippen molar-refractivity contribution >= 4 is 47.1 Å². The quantitative estimate of drug-likeness (QED) is 0.281. The minimum Gasteiger partial charge on any atom is -0.357 e. The summed E-state index contributed by atoms with van der Waals surface area (Å²) in [6.07, 6.45) is 5.91. The lowest BCUT2D eigenvalue weighted by molar-refractivity contribution is 0.270. The number of hydrogen-bond acceptors (Lipinski definition) is 6. The van der Waals surface area contributed by atoms with Gasteiger partial charge in [0.15, 0.2) is 5.96 Å². The van der Waals surface area contributed by atoms with E-state index in [1.165, 1.54) is 9.88 Å². The van der Waals surface area contributed by atoms with Crippen molar-refractivity contribution in [1.82, 2.24) is 25.5 Å². The van der Waals surface area contributed by atoms with Crippen molar-refractivity contribution in [2.45, 2.75) is 40.2 Å². The van der Waals surface area contributed by atoms with Crippen molar-refractivity contribution in [1.29, 1.82) is 0 Å². The van der Waals surface area contributed by atoms with E-state index in [1.807, 2.05) is 12.4 Å². The van der Waals surface area contributed by atoms with E-state index in [1.54, 1.807) is 11.3 Å². The molecule has 0 radical (unpaired) electrons. The molecule has 31 heavy (non-hydrogen) atoms. The summed E-state index contributed by atoms with van der Waals surface area (Å²) in [6.45, 7) is 14.2. The van der Waals surface area contributed by atoms with E-state index in [-0.39, 0.29) is 24.0 Å². The van der Waals surface area contributed by atoms with Gasteiger partial charge in [0.1, 0.15) is 5.82 Å². The first-order valence-electron chi connectivity index (χ1n) is 11.1. The van der Waals surface area contributed by atoms with E-state index in [9.17, 15) is 0 Å². The number of likely N-dealkylation sites (N-methyl/N-ethyl adjacent to an activating group) is 1. The van der Waals surface area contributed by atoms with Gasteiger partial charge in [0.05, 0.1) is 11.6 Å². The summed E-state index contributed by atoms with van der Waals surface area (Å²) >= 11 is 1.80. The number of guanidine groups is 1. The second kappa shape index (κ2) is 13.8. The fourth-order valence-electron chi connectivity index (χ4n) is 3.42. The van der Waals surface area contributed by atoms with Gasteiger partial charge in [0, 0.05) is 63.0 Å². The number of halogens is 1. The first-order valence-corrected chi connectivity index (χ1v) is 11.9. The van der Waals surface area contributed by atoms with Crippen LogP contribution in [0.4, 0.5) is 5.82 Å². The lowest BCUT2D eigenvalue weighted by atomic mass is 10.2. The fraction of sp³-hybridized carbons (Fsp3) is 0.591. The van der Waals surface area contributed by atoms with Gasteiger partial charge in [-0.2, -0.15) is 0 Å². The van der Waals surface area contributed by atoms with Crippen LogP contribution in [0.5, 0.6) is 0 Å². The van der Waals surface area contributed by atoms with Crippen molar-refractivity contribution in [3.05, 3.63) is 40.0 Å². The molecule has 3 heterocycles. The molecule has 1 aliphatic rings. The summed E-state index contributed by atoms with van der Waals surface area (Å²) in [7, 11) is 0. The van der Waals surface area contributed by atoms with Gasteiger partial charge in [-0.15, -0.1) is 35.3 Å². The zero-order valence-corrected chi connectivity index (χ0v) is 22.1. The van der Waals surface area contributed by atoms with Gasteiger partial charge in [-0.05, 0) is 31.5 Å². The number of hydrogen-bond donors (Lipinski definition) is 2. The molecule has 9 heteroatoms. The average Bonchev–Trinajstić information content (AvgIpc) is 3.26. The third-order valence-electron chi connectivity index (χ3n) is 5.30. The van der Waals surface area contributed by atoms with E-state index in [0.29, 0.717) is 6.54 Å². The summed E-state index contributed by atoms with van der Waals surface area (Å²) in [4.78, 5) is 20.1. The smallest absolute Gasteiger partial charge is 0.191 e. The second-order valence-corrected chi connectivity index (χ2v) is 8.59. The Balaban J connectivity index is 0.00000341. The first kappa shape index (κ1) is 25.8. The van der Waals surface area contributed by atoms with E-state index in [2.05, 4.69) is 63.3 Å². The molecule has 0 amide bonds. The molecule has 0 spiro atoms. The Morgan fingerprint density at radius 3 is 2.48 bits per heavy atom. The molecule has 1 fully saturated rings. The number of nitrogens with zero attached hydrogens (tertiary/aromatic N) is 5. The van der Waals surface area contributed by atoms with Crippen LogP contribution >= 0.6 is 35.3 Å². The Morgan fingerprint density at radius 1 is 1.06 bits per heavy atom. The number of aliphatic imine (C=N–C) groups is 1.